The van der Waals surface area contributed by atoms with Crippen LogP contribution in [0.25, 0.3) is 0 Å². The van der Waals surface area contributed by atoms with Gasteiger partial charge in [0.05, 0.1) is 18.5 Å². The molecule has 3 aromatic carbocycles. The first kappa shape index (κ1) is 44.0. The number of phosphoric ester groups is 1. The van der Waals surface area contributed by atoms with E-state index in [-0.39, 0.29) is 18.5 Å². The largest absolute Gasteiger partial charge is 0.647 e. The summed E-state index contributed by atoms with van der Waals surface area (Å²) in [6, 6.07) is 21.4. The first-order valence-electron chi connectivity index (χ1n) is 20.3. The number of nitrogens with one attached hydrogen (secondary N) is 3. The Morgan fingerprint density at radius 1 is 0.434 bits per heavy atom. The van der Waals surface area contributed by atoms with Crippen molar-refractivity contribution in [3.05, 3.63) is 72.8 Å². The molecule has 0 spiro atoms. The maximum absolute atomic E-state index is 14.3. The number of unbranched alkanes of at least 4 members (excludes halogenated alkanes) is 12. The highest BCUT2D eigenvalue weighted by atomic mass is 31.2. The van der Waals surface area contributed by atoms with Crippen molar-refractivity contribution < 1.29 is 18.1 Å². The second-order valence-corrected chi connectivity index (χ2v) is 15.6. The van der Waals surface area contributed by atoms with Gasteiger partial charge in [0.15, 0.2) is 0 Å². The zero-order chi connectivity index (χ0) is 38.2. The van der Waals surface area contributed by atoms with Crippen molar-refractivity contribution in [3.63, 3.8) is 0 Å². The quantitative estimate of drug-likeness (QED) is 0.0220. The molecule has 0 heterocycles. The molecule has 0 aromatic heterocycles. The van der Waals surface area contributed by atoms with Crippen LogP contribution >= 0.6 is 7.82 Å². The van der Waals surface area contributed by atoms with E-state index in [1.807, 2.05) is 36.4 Å². The van der Waals surface area contributed by atoms with E-state index in [4.69, 9.17) is 30.8 Å². The number of anilines is 3. The van der Waals surface area contributed by atoms with Crippen LogP contribution in [0.5, 0.6) is 17.2 Å². The monoisotopic (exact) mass is 753 g/mol. The van der Waals surface area contributed by atoms with Gasteiger partial charge in [0, 0.05) is 17.1 Å². The van der Waals surface area contributed by atoms with E-state index >= 15 is 0 Å². The molecule has 296 valence electrons. The second kappa shape index (κ2) is 25.6. The van der Waals surface area contributed by atoms with Gasteiger partial charge in [-0.05, 0) is 92.1 Å². The van der Waals surface area contributed by atoms with Gasteiger partial charge in [0.25, 0.3) is 0 Å². The van der Waals surface area contributed by atoms with Gasteiger partial charge < -0.3 is 46.7 Å². The molecule has 0 aliphatic rings. The van der Waals surface area contributed by atoms with E-state index in [1.165, 1.54) is 77.0 Å². The standard InChI is InChI=1S/C42H69N6O4P/c1-4-7-10-13-16-19-40(43)46-34-22-28-37(29-23-34)50-53(49,51-38-30-24-35(25-31-38)47-41(44)20-17-14-11-8-5-2)52-39-32-26-36(27-33-39)48-42(45)21-18-15-12-9-6-3/h22-33,40-42,46-48H,4-21,43-45H2,1-3H3. The number of hydrogen-bond donors (Lipinski definition) is 6. The third-order valence-electron chi connectivity index (χ3n) is 9.13. The predicted octanol–water partition coefficient (Wildman–Crippen LogP) is 11.5. The molecule has 3 aromatic rings. The summed E-state index contributed by atoms with van der Waals surface area (Å²) in [7, 11) is -4.22. The molecule has 3 rings (SSSR count). The Labute approximate surface area is 320 Å². The van der Waals surface area contributed by atoms with Gasteiger partial charge in [-0.15, -0.1) is 0 Å². The van der Waals surface area contributed by atoms with Gasteiger partial charge >= 0.3 is 7.82 Å². The molecule has 0 saturated heterocycles. The first-order chi connectivity index (χ1) is 25.7. The number of hydrogen-bond acceptors (Lipinski definition) is 10. The Hall–Kier alpha value is -3.43. The Balaban J connectivity index is 1.65. The lowest BCUT2D eigenvalue weighted by molar-refractivity contribution is 0.298. The van der Waals surface area contributed by atoms with Gasteiger partial charge in [-0.2, -0.15) is 4.57 Å². The van der Waals surface area contributed by atoms with E-state index in [2.05, 4.69) is 36.7 Å². The number of phosphoric acid groups is 1. The fourth-order valence-corrected chi connectivity index (χ4v) is 7.29. The summed E-state index contributed by atoms with van der Waals surface area (Å²) in [6.45, 7) is 6.64. The maximum atomic E-state index is 14.3. The molecule has 3 atom stereocenters. The Kier molecular flexibility index (Phi) is 21.2. The molecule has 0 saturated carbocycles. The third kappa shape index (κ3) is 18.9. The number of rotatable bonds is 30. The molecule has 0 fully saturated rings. The van der Waals surface area contributed by atoms with E-state index in [0.29, 0.717) is 17.2 Å². The minimum Gasteiger partial charge on any atom is -0.386 e. The summed E-state index contributed by atoms with van der Waals surface area (Å²) >= 11 is 0. The number of nitrogens with two attached hydrogens (primary N) is 3. The zero-order valence-electron chi connectivity index (χ0n) is 32.7. The molecule has 9 N–H and O–H groups in total. The van der Waals surface area contributed by atoms with Crippen LogP contribution in [0.3, 0.4) is 0 Å². The van der Waals surface area contributed by atoms with Gasteiger partial charge in [0.1, 0.15) is 17.2 Å². The zero-order valence-corrected chi connectivity index (χ0v) is 33.6. The van der Waals surface area contributed by atoms with Crippen molar-refractivity contribution in [2.75, 3.05) is 16.0 Å². The van der Waals surface area contributed by atoms with Crippen LogP contribution in [0.1, 0.15) is 136 Å². The van der Waals surface area contributed by atoms with Crippen LogP contribution in [0.2, 0.25) is 0 Å². The van der Waals surface area contributed by atoms with Crippen molar-refractivity contribution in [1.82, 2.24) is 0 Å². The highest BCUT2D eigenvalue weighted by Gasteiger charge is 2.33. The van der Waals surface area contributed by atoms with E-state index in [0.717, 1.165) is 55.6 Å². The molecular weight excluding hydrogens is 683 g/mol. The van der Waals surface area contributed by atoms with Crippen LogP contribution in [-0.2, 0) is 4.57 Å². The summed E-state index contributed by atoms with van der Waals surface area (Å²) < 4.78 is 32.3. The molecule has 0 bridgehead atoms. The minimum absolute atomic E-state index is 0.156. The molecule has 11 heteroatoms. The highest BCUT2D eigenvalue weighted by Crippen LogP contribution is 2.50. The van der Waals surface area contributed by atoms with Crippen molar-refractivity contribution >= 4 is 24.9 Å². The van der Waals surface area contributed by atoms with E-state index < -0.39 is 7.82 Å². The minimum atomic E-state index is -4.22. The Morgan fingerprint density at radius 2 is 0.679 bits per heavy atom. The fourth-order valence-electron chi connectivity index (χ4n) is 6.04. The lowest BCUT2D eigenvalue weighted by atomic mass is 10.1. The smallest absolute Gasteiger partial charge is 0.386 e. The molecule has 3 unspecified atom stereocenters. The van der Waals surface area contributed by atoms with Gasteiger partial charge in [-0.1, -0.05) is 117 Å². The second-order valence-electron chi connectivity index (χ2n) is 14.2. The summed E-state index contributed by atoms with van der Waals surface area (Å²) in [5.74, 6) is 0.996. The molecule has 0 amide bonds. The lowest BCUT2D eigenvalue weighted by Gasteiger charge is -2.21. The van der Waals surface area contributed by atoms with E-state index in [1.54, 1.807) is 36.4 Å². The Morgan fingerprint density at radius 3 is 0.925 bits per heavy atom. The summed E-state index contributed by atoms with van der Waals surface area (Å²) in [5.41, 5.74) is 21.5. The van der Waals surface area contributed by atoms with Gasteiger partial charge in [-0.3, -0.25) is 0 Å². The summed E-state index contributed by atoms with van der Waals surface area (Å²) in [6.07, 6.45) is 20.1. The predicted molar refractivity (Wildman–Crippen MR) is 224 cm³/mol. The number of benzene rings is 3. The molecule has 0 radical (unpaired) electrons. The van der Waals surface area contributed by atoms with Crippen LogP contribution in [0, 0.1) is 0 Å². The van der Waals surface area contributed by atoms with E-state index in [9.17, 15) is 4.57 Å². The molecular formula is C42H69N6O4P. The lowest BCUT2D eigenvalue weighted by Crippen LogP contribution is -2.29. The van der Waals surface area contributed by atoms with Crippen LogP contribution in [0.15, 0.2) is 72.8 Å². The van der Waals surface area contributed by atoms with Gasteiger partial charge in [-0.25, -0.2) is 0 Å². The summed E-state index contributed by atoms with van der Waals surface area (Å²) in [5, 5.41) is 10.0. The molecule has 10 nitrogen and oxygen atoms in total. The SMILES string of the molecule is CCCCCCCC(N)Nc1ccc(OP(=O)(Oc2ccc(NC(N)CCCCCCC)cc2)Oc2ccc(NC(N)CCCCCCC)cc2)cc1. The Bertz CT molecular complexity index is 1240. The molecule has 0 aliphatic heterocycles. The average Bonchev–Trinajstić information content (AvgIpc) is 3.14. The third-order valence-corrected chi connectivity index (χ3v) is 10.4. The molecule has 53 heavy (non-hydrogen) atoms. The van der Waals surface area contributed by atoms with Crippen molar-refractivity contribution in [1.29, 1.82) is 0 Å². The molecule has 0 aliphatic carbocycles. The first-order valence-corrected chi connectivity index (χ1v) is 21.7. The van der Waals surface area contributed by atoms with Crippen LogP contribution in [-0.4, -0.2) is 18.5 Å². The van der Waals surface area contributed by atoms with Crippen LogP contribution in [0.4, 0.5) is 17.1 Å². The topological polar surface area (TPSA) is 159 Å². The maximum Gasteiger partial charge on any atom is 0.647 e. The van der Waals surface area contributed by atoms with Crippen molar-refractivity contribution in [2.45, 2.75) is 155 Å². The van der Waals surface area contributed by atoms with Crippen LogP contribution < -0.4 is 46.7 Å². The van der Waals surface area contributed by atoms with Crippen molar-refractivity contribution in [3.8, 4) is 17.2 Å². The van der Waals surface area contributed by atoms with Crippen molar-refractivity contribution in [2.24, 2.45) is 17.2 Å². The normalized spacial score (nSPS) is 14.1. The summed E-state index contributed by atoms with van der Waals surface area (Å²) in [4.78, 5) is 0. The average molecular weight is 753 g/mol. The highest BCUT2D eigenvalue weighted by molar-refractivity contribution is 7.49. The van der Waals surface area contributed by atoms with Gasteiger partial charge in [0.2, 0.25) is 0 Å². The fraction of sp³-hybridized carbons (Fsp3) is 0.571.